The number of benzene rings is 1. The fourth-order valence-electron chi connectivity index (χ4n) is 3.00. The number of hydrogen-bond donors (Lipinski definition) is 2. The van der Waals surface area contributed by atoms with Gasteiger partial charge in [-0.15, -0.1) is 0 Å². The third-order valence-corrected chi connectivity index (χ3v) is 4.43. The van der Waals surface area contributed by atoms with Crippen molar-refractivity contribution in [1.29, 1.82) is 0 Å². The number of carbonyl (C=O) groups is 1. The highest BCUT2D eigenvalue weighted by Gasteiger charge is 2.35. The highest BCUT2D eigenvalue weighted by molar-refractivity contribution is 5.99. The van der Waals surface area contributed by atoms with Crippen LogP contribution >= 0.6 is 0 Å². The van der Waals surface area contributed by atoms with Crippen molar-refractivity contribution in [3.63, 3.8) is 0 Å². The molecule has 0 atom stereocenters. The summed E-state index contributed by atoms with van der Waals surface area (Å²) in [7, 11) is 1.15. The van der Waals surface area contributed by atoms with Gasteiger partial charge in [0.05, 0.1) is 0 Å². The zero-order valence-electron chi connectivity index (χ0n) is 16.8. The molecule has 0 saturated carbocycles. The summed E-state index contributed by atoms with van der Waals surface area (Å²) in [5.74, 6) is 0.465. The van der Waals surface area contributed by atoms with Crippen molar-refractivity contribution in [2.45, 2.75) is 13.1 Å². The molecular formula is C20H16F3N7O2. The molecule has 0 spiro atoms. The SMILES string of the molecule is Cc1nc(-c2ccc3ccnc(NC=CC(=O)Nc4cc(C(F)(F)F)n(C)n4)c3c2)no1. The van der Waals surface area contributed by atoms with Crippen molar-refractivity contribution in [2.24, 2.45) is 7.05 Å². The molecule has 3 aromatic heterocycles. The molecule has 12 heteroatoms. The van der Waals surface area contributed by atoms with Crippen molar-refractivity contribution in [3.05, 3.63) is 60.4 Å². The summed E-state index contributed by atoms with van der Waals surface area (Å²) in [6.45, 7) is 1.69. The van der Waals surface area contributed by atoms with Crippen LogP contribution in [0.2, 0.25) is 0 Å². The first-order chi connectivity index (χ1) is 15.2. The fraction of sp³-hybridized carbons (Fsp3) is 0.150. The van der Waals surface area contributed by atoms with E-state index in [9.17, 15) is 18.0 Å². The lowest BCUT2D eigenvalue weighted by Gasteiger charge is -2.06. The normalized spacial score (nSPS) is 11.9. The second-order valence-corrected chi connectivity index (χ2v) is 6.74. The molecule has 1 amide bonds. The van der Waals surface area contributed by atoms with Gasteiger partial charge in [-0.1, -0.05) is 17.3 Å². The summed E-state index contributed by atoms with van der Waals surface area (Å²) in [5.41, 5.74) is -0.245. The Balaban J connectivity index is 1.49. The molecule has 0 unspecified atom stereocenters. The second kappa shape index (κ2) is 8.13. The molecular weight excluding hydrogens is 427 g/mol. The van der Waals surface area contributed by atoms with E-state index in [1.807, 2.05) is 24.3 Å². The number of alkyl halides is 3. The van der Waals surface area contributed by atoms with Gasteiger partial charge in [-0.2, -0.15) is 23.3 Å². The number of aromatic nitrogens is 5. The van der Waals surface area contributed by atoms with Crippen molar-refractivity contribution in [3.8, 4) is 11.4 Å². The standard InChI is InChI=1S/C20H16F3N7O2/c1-11-26-18(29-32-11)13-4-3-12-5-7-24-19(14(12)9-13)25-8-6-17(31)27-16-10-15(20(21,22)23)30(2)28-16/h3-10H,1-2H3,(H,24,25)(H,27,28,31). The second-order valence-electron chi connectivity index (χ2n) is 6.74. The van der Waals surface area contributed by atoms with Gasteiger partial charge in [0, 0.05) is 49.5 Å². The lowest BCUT2D eigenvalue weighted by Crippen LogP contribution is -2.11. The van der Waals surface area contributed by atoms with E-state index < -0.39 is 17.8 Å². The van der Waals surface area contributed by atoms with Gasteiger partial charge in [0.1, 0.15) is 11.5 Å². The van der Waals surface area contributed by atoms with E-state index in [0.717, 1.165) is 35.5 Å². The maximum Gasteiger partial charge on any atom is 0.433 e. The number of anilines is 2. The topological polar surface area (TPSA) is 111 Å². The molecule has 0 aliphatic carbocycles. The number of pyridine rings is 1. The first-order valence-corrected chi connectivity index (χ1v) is 9.25. The number of amides is 1. The minimum Gasteiger partial charge on any atom is -0.346 e. The molecule has 3 heterocycles. The Morgan fingerprint density at radius 3 is 2.72 bits per heavy atom. The summed E-state index contributed by atoms with van der Waals surface area (Å²) >= 11 is 0. The van der Waals surface area contributed by atoms with Crippen molar-refractivity contribution in [1.82, 2.24) is 24.9 Å². The molecule has 0 fully saturated rings. The van der Waals surface area contributed by atoms with Crippen LogP contribution in [0.4, 0.5) is 24.8 Å². The zero-order chi connectivity index (χ0) is 22.9. The Morgan fingerprint density at radius 1 is 1.22 bits per heavy atom. The van der Waals surface area contributed by atoms with E-state index >= 15 is 0 Å². The summed E-state index contributed by atoms with van der Waals surface area (Å²) in [6, 6.07) is 8.13. The van der Waals surface area contributed by atoms with Crippen LogP contribution in [0.15, 0.2) is 53.3 Å². The molecule has 4 rings (SSSR count). The van der Waals surface area contributed by atoms with E-state index in [2.05, 4.69) is 30.9 Å². The number of nitrogens with zero attached hydrogens (tertiary/aromatic N) is 5. The minimum absolute atomic E-state index is 0.210. The molecule has 9 nitrogen and oxygen atoms in total. The van der Waals surface area contributed by atoms with E-state index in [1.165, 1.54) is 6.20 Å². The summed E-state index contributed by atoms with van der Waals surface area (Å²) in [6.07, 6.45) is -0.519. The van der Waals surface area contributed by atoms with Crippen molar-refractivity contribution < 1.29 is 22.5 Å². The van der Waals surface area contributed by atoms with Crippen LogP contribution in [-0.2, 0) is 18.0 Å². The molecule has 0 saturated heterocycles. The Morgan fingerprint density at radius 2 is 2.03 bits per heavy atom. The van der Waals surface area contributed by atoms with Gasteiger partial charge in [-0.05, 0) is 17.5 Å². The number of aryl methyl sites for hydroxylation is 2. The molecule has 0 bridgehead atoms. The summed E-state index contributed by atoms with van der Waals surface area (Å²) in [5, 5.41) is 14.4. The first kappa shape index (κ1) is 21.0. The van der Waals surface area contributed by atoms with E-state index in [4.69, 9.17) is 4.52 Å². The van der Waals surface area contributed by atoms with Gasteiger partial charge < -0.3 is 15.2 Å². The average Bonchev–Trinajstić information content (AvgIpc) is 3.33. The van der Waals surface area contributed by atoms with Gasteiger partial charge in [0.15, 0.2) is 5.82 Å². The summed E-state index contributed by atoms with van der Waals surface area (Å²) < 4.78 is 44.2. The molecule has 0 radical (unpaired) electrons. The number of hydrogen-bond acceptors (Lipinski definition) is 7. The predicted molar refractivity (Wildman–Crippen MR) is 109 cm³/mol. The largest absolute Gasteiger partial charge is 0.433 e. The number of nitrogens with one attached hydrogen (secondary N) is 2. The minimum atomic E-state index is -4.57. The van der Waals surface area contributed by atoms with Gasteiger partial charge in [0.25, 0.3) is 5.91 Å². The number of carbonyl (C=O) groups excluding carboxylic acids is 1. The fourth-order valence-corrected chi connectivity index (χ4v) is 3.00. The molecule has 1 aromatic carbocycles. The van der Waals surface area contributed by atoms with Crippen LogP contribution in [0.5, 0.6) is 0 Å². The van der Waals surface area contributed by atoms with E-state index in [1.54, 1.807) is 13.1 Å². The van der Waals surface area contributed by atoms with Crippen LogP contribution in [0.1, 0.15) is 11.6 Å². The van der Waals surface area contributed by atoms with Crippen LogP contribution < -0.4 is 10.6 Å². The highest BCUT2D eigenvalue weighted by atomic mass is 19.4. The lowest BCUT2D eigenvalue weighted by atomic mass is 10.1. The van der Waals surface area contributed by atoms with Crippen LogP contribution in [0, 0.1) is 6.92 Å². The molecule has 0 aliphatic heterocycles. The van der Waals surface area contributed by atoms with E-state index in [-0.39, 0.29) is 5.82 Å². The monoisotopic (exact) mass is 443 g/mol. The first-order valence-electron chi connectivity index (χ1n) is 9.25. The average molecular weight is 443 g/mol. The van der Waals surface area contributed by atoms with Gasteiger partial charge in [-0.3, -0.25) is 9.48 Å². The smallest absolute Gasteiger partial charge is 0.346 e. The summed E-state index contributed by atoms with van der Waals surface area (Å²) in [4.78, 5) is 20.5. The maximum absolute atomic E-state index is 12.8. The number of halogens is 3. The molecule has 4 aromatic rings. The van der Waals surface area contributed by atoms with Crippen LogP contribution in [0.3, 0.4) is 0 Å². The Bertz CT molecular complexity index is 1320. The van der Waals surface area contributed by atoms with Gasteiger partial charge in [0.2, 0.25) is 11.7 Å². The Kier molecular flexibility index (Phi) is 5.34. The third-order valence-electron chi connectivity index (χ3n) is 4.43. The molecule has 0 aliphatic rings. The Hall–Kier alpha value is -4.22. The molecule has 164 valence electrons. The molecule has 32 heavy (non-hydrogen) atoms. The maximum atomic E-state index is 12.8. The highest BCUT2D eigenvalue weighted by Crippen LogP contribution is 2.30. The van der Waals surface area contributed by atoms with Gasteiger partial charge in [-0.25, -0.2) is 4.98 Å². The van der Waals surface area contributed by atoms with Crippen molar-refractivity contribution in [2.75, 3.05) is 10.6 Å². The van der Waals surface area contributed by atoms with Crippen LogP contribution in [0.25, 0.3) is 22.2 Å². The molecule has 2 N–H and O–H groups in total. The zero-order valence-corrected chi connectivity index (χ0v) is 16.8. The quantitative estimate of drug-likeness (QED) is 0.450. The van der Waals surface area contributed by atoms with Crippen LogP contribution in [-0.4, -0.2) is 30.8 Å². The van der Waals surface area contributed by atoms with E-state index in [0.29, 0.717) is 22.2 Å². The Labute approximate surface area is 178 Å². The third kappa shape index (κ3) is 4.43. The number of rotatable bonds is 5. The van der Waals surface area contributed by atoms with Crippen molar-refractivity contribution >= 4 is 28.3 Å². The number of fused-ring (bicyclic) bond motifs is 1. The van der Waals surface area contributed by atoms with Gasteiger partial charge >= 0.3 is 6.18 Å². The lowest BCUT2D eigenvalue weighted by molar-refractivity contribution is -0.143. The predicted octanol–water partition coefficient (Wildman–Crippen LogP) is 3.91.